The van der Waals surface area contributed by atoms with E-state index in [1.165, 1.54) is 18.4 Å². The smallest absolute Gasteiger partial charge is 0.237 e. The minimum Gasteiger partial charge on any atom is -0.354 e. The normalized spacial score (nSPS) is 23.8. The molecule has 2 fully saturated rings. The topological polar surface area (TPSA) is 62.2 Å². The molecule has 2 aliphatic rings. The van der Waals surface area contributed by atoms with Gasteiger partial charge in [0.15, 0.2) is 0 Å². The van der Waals surface area contributed by atoms with Gasteiger partial charge in [-0.05, 0) is 65.5 Å². The van der Waals surface area contributed by atoms with Crippen molar-refractivity contribution in [3.05, 3.63) is 17.5 Å². The highest BCUT2D eigenvalue weighted by molar-refractivity contribution is 5.85. The highest BCUT2D eigenvalue weighted by atomic mass is 35.5. The summed E-state index contributed by atoms with van der Waals surface area (Å²) >= 11 is 0. The predicted molar refractivity (Wildman–Crippen MR) is 107 cm³/mol. The van der Waals surface area contributed by atoms with Crippen molar-refractivity contribution in [3.8, 4) is 0 Å². The lowest BCUT2D eigenvalue weighted by Gasteiger charge is -2.32. The van der Waals surface area contributed by atoms with Gasteiger partial charge in [0.1, 0.15) is 0 Å². The molecule has 26 heavy (non-hydrogen) atoms. The lowest BCUT2D eigenvalue weighted by Crippen LogP contribution is -2.45. The molecule has 2 saturated heterocycles. The molecular formula is C19H34ClN5O. The molecule has 148 valence electrons. The fourth-order valence-electron chi connectivity index (χ4n) is 3.92. The minimum atomic E-state index is 0. The van der Waals surface area contributed by atoms with Gasteiger partial charge in [0, 0.05) is 37.4 Å². The zero-order chi connectivity index (χ0) is 17.8. The highest BCUT2D eigenvalue weighted by Gasteiger charge is 2.25. The lowest BCUT2D eigenvalue weighted by molar-refractivity contribution is -0.123. The van der Waals surface area contributed by atoms with E-state index in [4.69, 9.17) is 0 Å². The van der Waals surface area contributed by atoms with E-state index in [2.05, 4.69) is 52.3 Å². The van der Waals surface area contributed by atoms with E-state index in [9.17, 15) is 4.79 Å². The molecule has 3 rings (SSSR count). The van der Waals surface area contributed by atoms with E-state index >= 15 is 0 Å². The first-order chi connectivity index (χ1) is 12.0. The van der Waals surface area contributed by atoms with Crippen LogP contribution >= 0.6 is 12.4 Å². The molecule has 7 heteroatoms. The molecule has 2 atom stereocenters. The first-order valence-corrected chi connectivity index (χ1v) is 9.81. The molecule has 2 N–H and O–H groups in total. The predicted octanol–water partition coefficient (Wildman–Crippen LogP) is 2.27. The number of rotatable bonds is 6. The SMILES string of the molecule is Cc1nn(C(C)C)cc1CN1CCCC(CNC(=O)C2CCCN2)C1.Cl. The molecule has 2 unspecified atom stereocenters. The van der Waals surface area contributed by atoms with Crippen molar-refractivity contribution in [2.45, 2.75) is 65.1 Å². The summed E-state index contributed by atoms with van der Waals surface area (Å²) in [6.07, 6.45) is 6.69. The molecule has 0 bridgehead atoms. The van der Waals surface area contributed by atoms with Gasteiger partial charge < -0.3 is 10.6 Å². The third kappa shape index (κ3) is 5.44. The molecule has 0 radical (unpaired) electrons. The van der Waals surface area contributed by atoms with Crippen molar-refractivity contribution < 1.29 is 4.79 Å². The molecule has 0 aromatic carbocycles. The number of amides is 1. The van der Waals surface area contributed by atoms with Crippen LogP contribution in [0.25, 0.3) is 0 Å². The average Bonchev–Trinajstić information content (AvgIpc) is 3.24. The van der Waals surface area contributed by atoms with Crippen LogP contribution in [0.1, 0.15) is 56.8 Å². The van der Waals surface area contributed by atoms with E-state index in [0.717, 1.165) is 51.3 Å². The maximum Gasteiger partial charge on any atom is 0.237 e. The Kier molecular flexibility index (Phi) is 7.92. The van der Waals surface area contributed by atoms with Crippen LogP contribution in [-0.4, -0.2) is 52.8 Å². The van der Waals surface area contributed by atoms with Gasteiger partial charge in [-0.3, -0.25) is 14.4 Å². The summed E-state index contributed by atoms with van der Waals surface area (Å²) in [6.45, 7) is 11.4. The molecule has 6 nitrogen and oxygen atoms in total. The van der Waals surface area contributed by atoms with E-state index in [1.54, 1.807) is 0 Å². The van der Waals surface area contributed by atoms with Crippen molar-refractivity contribution in [2.75, 3.05) is 26.2 Å². The zero-order valence-electron chi connectivity index (χ0n) is 16.3. The molecule has 3 heterocycles. The number of hydrogen-bond acceptors (Lipinski definition) is 4. The van der Waals surface area contributed by atoms with E-state index in [1.807, 2.05) is 0 Å². The second-order valence-electron chi connectivity index (χ2n) is 7.95. The number of hydrogen-bond donors (Lipinski definition) is 2. The van der Waals surface area contributed by atoms with Gasteiger partial charge in [-0.25, -0.2) is 0 Å². The summed E-state index contributed by atoms with van der Waals surface area (Å²) < 4.78 is 2.06. The summed E-state index contributed by atoms with van der Waals surface area (Å²) in [7, 11) is 0. The molecule has 1 amide bonds. The standard InChI is InChI=1S/C19H33N5O.ClH/c1-14(2)24-13-17(15(3)22-24)12-23-9-5-6-16(11-23)10-21-19(25)18-7-4-8-20-18;/h13-14,16,18,20H,4-12H2,1-3H3,(H,21,25);1H. The average molecular weight is 384 g/mol. The van der Waals surface area contributed by atoms with E-state index in [0.29, 0.717) is 12.0 Å². The van der Waals surface area contributed by atoms with Crippen LogP contribution in [0.2, 0.25) is 0 Å². The van der Waals surface area contributed by atoms with Crippen LogP contribution < -0.4 is 10.6 Å². The van der Waals surface area contributed by atoms with E-state index in [-0.39, 0.29) is 24.4 Å². The van der Waals surface area contributed by atoms with Crippen molar-refractivity contribution in [1.29, 1.82) is 0 Å². The van der Waals surface area contributed by atoms with Gasteiger partial charge in [0.05, 0.1) is 11.7 Å². The number of halogens is 1. The monoisotopic (exact) mass is 383 g/mol. The first-order valence-electron chi connectivity index (χ1n) is 9.81. The number of carbonyl (C=O) groups excluding carboxylic acids is 1. The Hall–Kier alpha value is -1.11. The second-order valence-corrected chi connectivity index (χ2v) is 7.95. The Morgan fingerprint density at radius 3 is 2.85 bits per heavy atom. The number of nitrogens with zero attached hydrogens (tertiary/aromatic N) is 3. The third-order valence-corrected chi connectivity index (χ3v) is 5.49. The zero-order valence-corrected chi connectivity index (χ0v) is 17.1. The fourth-order valence-corrected chi connectivity index (χ4v) is 3.92. The molecule has 1 aromatic heterocycles. The quantitative estimate of drug-likeness (QED) is 0.791. The fraction of sp³-hybridized carbons (Fsp3) is 0.789. The van der Waals surface area contributed by atoms with Crippen LogP contribution in [-0.2, 0) is 11.3 Å². The van der Waals surface area contributed by atoms with Crippen LogP contribution in [0.5, 0.6) is 0 Å². The van der Waals surface area contributed by atoms with Gasteiger partial charge in [-0.15, -0.1) is 12.4 Å². The number of carbonyl (C=O) groups is 1. The van der Waals surface area contributed by atoms with Crippen LogP contribution in [0.4, 0.5) is 0 Å². The number of likely N-dealkylation sites (tertiary alicyclic amines) is 1. The summed E-state index contributed by atoms with van der Waals surface area (Å²) in [5.74, 6) is 0.739. The van der Waals surface area contributed by atoms with Crippen molar-refractivity contribution >= 4 is 18.3 Å². The Morgan fingerprint density at radius 2 is 2.19 bits per heavy atom. The van der Waals surface area contributed by atoms with Gasteiger partial charge >= 0.3 is 0 Å². The molecule has 0 spiro atoms. The number of aryl methyl sites for hydroxylation is 1. The van der Waals surface area contributed by atoms with Crippen molar-refractivity contribution in [2.24, 2.45) is 5.92 Å². The molecule has 0 aliphatic carbocycles. The highest BCUT2D eigenvalue weighted by Crippen LogP contribution is 2.20. The summed E-state index contributed by atoms with van der Waals surface area (Å²) in [6, 6.07) is 0.435. The summed E-state index contributed by atoms with van der Waals surface area (Å²) in [4.78, 5) is 14.7. The lowest BCUT2D eigenvalue weighted by atomic mass is 9.97. The van der Waals surface area contributed by atoms with Gasteiger partial charge in [-0.2, -0.15) is 5.10 Å². The first kappa shape index (κ1) is 21.2. The Morgan fingerprint density at radius 1 is 1.38 bits per heavy atom. The van der Waals surface area contributed by atoms with Crippen LogP contribution in [0.15, 0.2) is 6.20 Å². The van der Waals surface area contributed by atoms with Crippen molar-refractivity contribution in [1.82, 2.24) is 25.3 Å². The maximum absolute atomic E-state index is 12.2. The van der Waals surface area contributed by atoms with E-state index < -0.39 is 0 Å². The van der Waals surface area contributed by atoms with Crippen molar-refractivity contribution in [3.63, 3.8) is 0 Å². The minimum absolute atomic E-state index is 0. The Bertz CT molecular complexity index is 582. The van der Waals surface area contributed by atoms with Crippen LogP contribution in [0, 0.1) is 12.8 Å². The Labute approximate surface area is 163 Å². The molecule has 1 aromatic rings. The molecule has 0 saturated carbocycles. The number of aromatic nitrogens is 2. The summed E-state index contributed by atoms with van der Waals surface area (Å²) in [5, 5.41) is 11.1. The van der Waals surface area contributed by atoms with Gasteiger partial charge in [0.25, 0.3) is 0 Å². The molecular weight excluding hydrogens is 350 g/mol. The van der Waals surface area contributed by atoms with Crippen LogP contribution in [0.3, 0.4) is 0 Å². The molecule has 2 aliphatic heterocycles. The second kappa shape index (κ2) is 9.72. The third-order valence-electron chi connectivity index (χ3n) is 5.49. The van der Waals surface area contributed by atoms with Gasteiger partial charge in [0.2, 0.25) is 5.91 Å². The maximum atomic E-state index is 12.2. The Balaban J connectivity index is 0.00000243. The van der Waals surface area contributed by atoms with Gasteiger partial charge in [-0.1, -0.05) is 0 Å². The number of piperidine rings is 1. The largest absolute Gasteiger partial charge is 0.354 e. The number of nitrogens with one attached hydrogen (secondary N) is 2. The summed E-state index contributed by atoms with van der Waals surface area (Å²) in [5.41, 5.74) is 2.46.